The lowest BCUT2D eigenvalue weighted by Gasteiger charge is -2.17. The number of hydrogen-bond acceptors (Lipinski definition) is 2. The highest BCUT2D eigenvalue weighted by atomic mass is 19.4. The first kappa shape index (κ1) is 13.6. The highest BCUT2D eigenvalue weighted by Gasteiger charge is 2.31. The molecule has 1 amide bonds. The number of halogens is 3. The van der Waals surface area contributed by atoms with Gasteiger partial charge in [0, 0.05) is 12.1 Å². The minimum atomic E-state index is -4.48. The van der Waals surface area contributed by atoms with Crippen LogP contribution in [0.15, 0.2) is 24.3 Å². The number of benzene rings is 1. The van der Waals surface area contributed by atoms with E-state index in [0.29, 0.717) is 18.5 Å². The number of rotatable bonds is 2. The van der Waals surface area contributed by atoms with Crippen LogP contribution in [-0.2, 0) is 6.18 Å². The van der Waals surface area contributed by atoms with Gasteiger partial charge in [-0.25, -0.2) is 0 Å². The topological polar surface area (TPSA) is 55.1 Å². The summed E-state index contributed by atoms with van der Waals surface area (Å²) in [4.78, 5) is 11.4. The molecule has 0 bridgehead atoms. The summed E-state index contributed by atoms with van der Waals surface area (Å²) in [7, 11) is 0. The quantitative estimate of drug-likeness (QED) is 0.865. The number of carbonyl (C=O) groups is 1. The number of nitrogens with two attached hydrogens (primary N) is 1. The van der Waals surface area contributed by atoms with Gasteiger partial charge in [0.25, 0.3) is 0 Å². The average Bonchev–Trinajstić information content (AvgIpc) is 2.38. The molecule has 0 aliphatic carbocycles. The Balaban J connectivity index is 2.50. The summed E-state index contributed by atoms with van der Waals surface area (Å²) in [6.07, 6.45) is -1.96. The Morgan fingerprint density at radius 2 is 2.05 bits per heavy atom. The molecule has 0 fully saturated rings. The third-order valence-corrected chi connectivity index (χ3v) is 3.02. The number of nitrogens with one attached hydrogen (secondary N) is 1. The number of carbonyl (C=O) groups excluding carboxylic acids is 1. The summed E-state index contributed by atoms with van der Waals surface area (Å²) in [6, 6.07) is 3.12. The van der Waals surface area contributed by atoms with E-state index < -0.39 is 17.6 Å². The molecule has 0 saturated carbocycles. The molecule has 6 heteroatoms. The van der Waals surface area contributed by atoms with E-state index in [1.807, 2.05) is 6.08 Å². The van der Waals surface area contributed by atoms with Crippen molar-refractivity contribution in [3.05, 3.63) is 41.0 Å². The molecule has 0 atom stereocenters. The van der Waals surface area contributed by atoms with Gasteiger partial charge in [-0.05, 0) is 36.2 Å². The molecule has 0 radical (unpaired) electrons. The summed E-state index contributed by atoms with van der Waals surface area (Å²) in [5.74, 6) is -0.847. The second-order valence-corrected chi connectivity index (χ2v) is 4.31. The van der Waals surface area contributed by atoms with Crippen LogP contribution in [0.3, 0.4) is 0 Å². The molecule has 19 heavy (non-hydrogen) atoms. The van der Waals surface area contributed by atoms with E-state index in [-0.39, 0.29) is 5.56 Å². The van der Waals surface area contributed by atoms with Gasteiger partial charge in [0.1, 0.15) is 0 Å². The fourth-order valence-electron chi connectivity index (χ4n) is 2.07. The smallest absolute Gasteiger partial charge is 0.366 e. The maximum atomic E-state index is 12.6. The van der Waals surface area contributed by atoms with Crippen LogP contribution in [0.2, 0.25) is 0 Å². The van der Waals surface area contributed by atoms with Crippen LogP contribution < -0.4 is 11.1 Å². The number of alkyl halides is 3. The maximum absolute atomic E-state index is 12.6. The van der Waals surface area contributed by atoms with Gasteiger partial charge in [-0.1, -0.05) is 12.1 Å². The van der Waals surface area contributed by atoms with Crippen LogP contribution in [0.1, 0.15) is 27.9 Å². The van der Waals surface area contributed by atoms with E-state index in [4.69, 9.17) is 5.73 Å². The van der Waals surface area contributed by atoms with Crippen molar-refractivity contribution in [3.8, 4) is 0 Å². The van der Waals surface area contributed by atoms with Crippen molar-refractivity contribution >= 4 is 11.5 Å². The van der Waals surface area contributed by atoms with Crippen LogP contribution in [0.4, 0.5) is 13.2 Å². The van der Waals surface area contributed by atoms with Gasteiger partial charge < -0.3 is 11.1 Å². The molecule has 1 aliphatic rings. The van der Waals surface area contributed by atoms with E-state index in [2.05, 4.69) is 5.32 Å². The highest BCUT2D eigenvalue weighted by molar-refractivity contribution is 5.98. The summed E-state index contributed by atoms with van der Waals surface area (Å²) in [5.41, 5.74) is 5.58. The molecule has 102 valence electrons. The fourth-order valence-corrected chi connectivity index (χ4v) is 2.07. The van der Waals surface area contributed by atoms with Gasteiger partial charge in [-0.2, -0.15) is 13.2 Å². The molecular formula is C13H13F3N2O. The molecule has 0 aromatic heterocycles. The van der Waals surface area contributed by atoms with Crippen molar-refractivity contribution in [2.24, 2.45) is 5.73 Å². The van der Waals surface area contributed by atoms with Crippen LogP contribution in [-0.4, -0.2) is 19.0 Å². The maximum Gasteiger partial charge on any atom is 0.416 e. The lowest BCUT2D eigenvalue weighted by molar-refractivity contribution is -0.137. The van der Waals surface area contributed by atoms with E-state index in [9.17, 15) is 18.0 Å². The summed E-state index contributed by atoms with van der Waals surface area (Å²) in [5, 5.41) is 3.10. The largest absolute Gasteiger partial charge is 0.416 e. The SMILES string of the molecule is NC(=O)c1cc(C(F)(F)F)ccc1C1=CCNCC1. The summed E-state index contributed by atoms with van der Waals surface area (Å²) < 4.78 is 37.9. The number of hydrogen-bond donors (Lipinski definition) is 2. The van der Waals surface area contributed by atoms with Crippen molar-refractivity contribution in [1.82, 2.24) is 5.32 Å². The molecule has 1 aliphatic heterocycles. The van der Waals surface area contributed by atoms with Crippen LogP contribution >= 0.6 is 0 Å². The van der Waals surface area contributed by atoms with Crippen molar-refractivity contribution < 1.29 is 18.0 Å². The first-order valence-electron chi connectivity index (χ1n) is 5.81. The minimum absolute atomic E-state index is 0.0806. The first-order valence-corrected chi connectivity index (χ1v) is 5.81. The van der Waals surface area contributed by atoms with Gasteiger partial charge in [0.2, 0.25) is 5.91 Å². The second kappa shape index (κ2) is 5.05. The van der Waals surface area contributed by atoms with Gasteiger partial charge in [0.05, 0.1) is 5.56 Å². The van der Waals surface area contributed by atoms with E-state index >= 15 is 0 Å². The van der Waals surface area contributed by atoms with Crippen molar-refractivity contribution in [2.75, 3.05) is 13.1 Å². The third kappa shape index (κ3) is 2.96. The van der Waals surface area contributed by atoms with Gasteiger partial charge in [-0.15, -0.1) is 0 Å². The molecule has 1 aromatic carbocycles. The zero-order valence-electron chi connectivity index (χ0n) is 10.1. The monoisotopic (exact) mass is 270 g/mol. The number of primary amides is 1. The fraction of sp³-hybridized carbons (Fsp3) is 0.308. The zero-order chi connectivity index (χ0) is 14.0. The van der Waals surface area contributed by atoms with Crippen LogP contribution in [0.5, 0.6) is 0 Å². The Bertz CT molecular complexity index is 535. The standard InChI is InChI=1S/C13H13F3N2O/c14-13(15,16)9-1-2-10(11(7-9)12(17)19)8-3-5-18-6-4-8/h1-3,7,18H,4-6H2,(H2,17,19). The van der Waals surface area contributed by atoms with Crippen LogP contribution in [0.25, 0.3) is 5.57 Å². The summed E-state index contributed by atoms with van der Waals surface area (Å²) >= 11 is 0. The lowest BCUT2D eigenvalue weighted by atomic mass is 9.93. The van der Waals surface area contributed by atoms with Crippen LogP contribution in [0, 0.1) is 0 Å². The Kier molecular flexibility index (Phi) is 3.61. The second-order valence-electron chi connectivity index (χ2n) is 4.31. The predicted octanol–water partition coefficient (Wildman–Crippen LogP) is 2.18. The van der Waals surface area contributed by atoms with E-state index in [0.717, 1.165) is 24.3 Å². The van der Waals surface area contributed by atoms with Crippen molar-refractivity contribution in [2.45, 2.75) is 12.6 Å². The van der Waals surface area contributed by atoms with Gasteiger partial charge in [-0.3, -0.25) is 4.79 Å². The predicted molar refractivity (Wildman–Crippen MR) is 65.4 cm³/mol. The zero-order valence-corrected chi connectivity index (χ0v) is 10.1. The molecular weight excluding hydrogens is 257 g/mol. The minimum Gasteiger partial charge on any atom is -0.366 e. The molecule has 0 spiro atoms. The summed E-state index contributed by atoms with van der Waals surface area (Å²) in [6.45, 7) is 1.36. The van der Waals surface area contributed by atoms with Crippen molar-refractivity contribution in [1.29, 1.82) is 0 Å². The molecule has 3 N–H and O–H groups in total. The molecule has 1 aromatic rings. The van der Waals surface area contributed by atoms with E-state index in [1.165, 1.54) is 6.07 Å². The molecule has 2 rings (SSSR count). The highest BCUT2D eigenvalue weighted by Crippen LogP contribution is 2.32. The Labute approximate surface area is 108 Å². The lowest BCUT2D eigenvalue weighted by Crippen LogP contribution is -2.22. The molecule has 1 heterocycles. The van der Waals surface area contributed by atoms with Crippen molar-refractivity contribution in [3.63, 3.8) is 0 Å². The Hall–Kier alpha value is -1.82. The Morgan fingerprint density at radius 3 is 2.58 bits per heavy atom. The van der Waals surface area contributed by atoms with Gasteiger partial charge >= 0.3 is 6.18 Å². The van der Waals surface area contributed by atoms with Gasteiger partial charge in [0.15, 0.2) is 0 Å². The van der Waals surface area contributed by atoms with E-state index in [1.54, 1.807) is 0 Å². The normalized spacial score (nSPS) is 16.1. The molecule has 0 saturated heterocycles. The Morgan fingerprint density at radius 1 is 1.32 bits per heavy atom. The number of amides is 1. The third-order valence-electron chi connectivity index (χ3n) is 3.02. The molecule has 3 nitrogen and oxygen atoms in total. The molecule has 0 unspecified atom stereocenters. The average molecular weight is 270 g/mol. The first-order chi connectivity index (χ1) is 8.89.